The van der Waals surface area contributed by atoms with Crippen molar-refractivity contribution >= 4 is 5.82 Å². The van der Waals surface area contributed by atoms with Crippen molar-refractivity contribution in [1.82, 2.24) is 19.9 Å². The number of hydrogen-bond donors (Lipinski definition) is 1. The largest absolute Gasteiger partial charge is 0.472 e. The van der Waals surface area contributed by atoms with Gasteiger partial charge in [-0.15, -0.1) is 0 Å². The van der Waals surface area contributed by atoms with Crippen LogP contribution in [0.25, 0.3) is 11.3 Å². The lowest BCUT2D eigenvalue weighted by molar-refractivity contribution is 0.0475. The molecule has 3 rings (SSSR count). The molecule has 3 heterocycles. The third kappa shape index (κ3) is 3.82. The lowest BCUT2D eigenvalue weighted by atomic mass is 9.99. The van der Waals surface area contributed by atoms with Crippen LogP contribution in [0.1, 0.15) is 33.6 Å². The molecule has 0 amide bonds. The molecule has 0 unspecified atom stereocenters. The van der Waals surface area contributed by atoms with Gasteiger partial charge >= 0.3 is 0 Å². The van der Waals surface area contributed by atoms with Gasteiger partial charge in [0.15, 0.2) is 5.82 Å². The molecule has 24 heavy (non-hydrogen) atoms. The van der Waals surface area contributed by atoms with E-state index in [0.29, 0.717) is 11.7 Å². The number of aromatic nitrogens is 3. The number of pyridine rings is 1. The third-order valence-electron chi connectivity index (χ3n) is 4.41. The van der Waals surface area contributed by atoms with E-state index in [9.17, 15) is 0 Å². The fraction of sp³-hybridized carbons (Fsp3) is 0.500. The lowest BCUT2D eigenvalue weighted by Crippen LogP contribution is -2.48. The van der Waals surface area contributed by atoms with Crippen LogP contribution >= 0.6 is 0 Å². The highest BCUT2D eigenvalue weighted by Crippen LogP contribution is 2.27. The Kier molecular flexibility index (Phi) is 4.66. The van der Waals surface area contributed by atoms with Gasteiger partial charge in [0.05, 0.1) is 11.9 Å². The minimum atomic E-state index is 0.132. The number of nitrogens with zero attached hydrogens (tertiary/aromatic N) is 4. The fourth-order valence-electron chi connectivity index (χ4n) is 2.93. The van der Waals surface area contributed by atoms with Gasteiger partial charge in [-0.1, -0.05) is 0 Å². The summed E-state index contributed by atoms with van der Waals surface area (Å²) in [5, 5.41) is 0. The van der Waals surface area contributed by atoms with Gasteiger partial charge in [-0.3, -0.25) is 9.88 Å². The molecule has 1 saturated heterocycles. The first-order valence-electron chi connectivity index (χ1n) is 8.38. The highest BCUT2D eigenvalue weighted by Gasteiger charge is 2.28. The maximum atomic E-state index is 6.07. The minimum Gasteiger partial charge on any atom is -0.472 e. The van der Waals surface area contributed by atoms with Gasteiger partial charge < -0.3 is 10.5 Å². The van der Waals surface area contributed by atoms with Gasteiger partial charge in [-0.2, -0.15) is 0 Å². The van der Waals surface area contributed by atoms with Gasteiger partial charge in [0.1, 0.15) is 6.10 Å². The van der Waals surface area contributed by atoms with Crippen molar-refractivity contribution in [2.45, 2.75) is 45.3 Å². The minimum absolute atomic E-state index is 0.132. The van der Waals surface area contributed by atoms with Crippen LogP contribution in [-0.2, 0) is 0 Å². The summed E-state index contributed by atoms with van der Waals surface area (Å²) in [4.78, 5) is 15.3. The van der Waals surface area contributed by atoms with Crippen molar-refractivity contribution in [1.29, 1.82) is 0 Å². The quantitative estimate of drug-likeness (QED) is 0.934. The standard InChI is InChI=1S/C18H25N5O/c1-18(2,3)23-10-6-14(7-11-23)24-17-16(19)21-12-15(22-17)13-4-8-20-9-5-13/h4-5,8-9,12,14H,6-7,10-11H2,1-3H3,(H2,19,21). The van der Waals surface area contributed by atoms with E-state index in [1.54, 1.807) is 18.6 Å². The smallest absolute Gasteiger partial charge is 0.258 e. The second-order valence-electron chi connectivity index (χ2n) is 7.16. The summed E-state index contributed by atoms with van der Waals surface area (Å²) in [7, 11) is 0. The highest BCUT2D eigenvalue weighted by atomic mass is 16.5. The maximum absolute atomic E-state index is 6.07. The molecular formula is C18H25N5O. The normalized spacial score (nSPS) is 17.0. The average Bonchev–Trinajstić information content (AvgIpc) is 2.57. The van der Waals surface area contributed by atoms with Crippen molar-refractivity contribution in [2.24, 2.45) is 0 Å². The molecule has 0 spiro atoms. The van der Waals surface area contributed by atoms with Crippen LogP contribution in [0.4, 0.5) is 5.82 Å². The van der Waals surface area contributed by atoms with Gasteiger partial charge in [0.25, 0.3) is 5.88 Å². The monoisotopic (exact) mass is 327 g/mol. The summed E-state index contributed by atoms with van der Waals surface area (Å²) in [6, 6.07) is 3.79. The molecule has 2 aromatic heterocycles. The van der Waals surface area contributed by atoms with Crippen LogP contribution in [-0.4, -0.2) is 44.6 Å². The molecule has 0 radical (unpaired) electrons. The second-order valence-corrected chi connectivity index (χ2v) is 7.16. The van der Waals surface area contributed by atoms with Crippen LogP contribution in [0.3, 0.4) is 0 Å². The summed E-state index contributed by atoms with van der Waals surface area (Å²) in [6.07, 6.45) is 7.20. The second kappa shape index (κ2) is 6.73. The predicted octanol–water partition coefficient (Wildman–Crippen LogP) is 2.76. The first kappa shape index (κ1) is 16.6. The molecule has 0 saturated carbocycles. The van der Waals surface area contributed by atoms with E-state index >= 15 is 0 Å². The zero-order valence-corrected chi connectivity index (χ0v) is 14.6. The molecule has 128 valence electrons. The Morgan fingerprint density at radius 2 is 1.83 bits per heavy atom. The van der Waals surface area contributed by atoms with E-state index in [0.717, 1.165) is 37.2 Å². The van der Waals surface area contributed by atoms with Crippen LogP contribution in [0.2, 0.25) is 0 Å². The first-order chi connectivity index (χ1) is 11.4. The summed E-state index contributed by atoms with van der Waals surface area (Å²) < 4.78 is 6.07. The SMILES string of the molecule is CC(C)(C)N1CCC(Oc2nc(-c3ccncc3)cnc2N)CC1. The van der Waals surface area contributed by atoms with Crippen LogP contribution < -0.4 is 10.5 Å². The van der Waals surface area contributed by atoms with E-state index < -0.39 is 0 Å². The van der Waals surface area contributed by atoms with Gasteiger partial charge in [-0.05, 0) is 45.7 Å². The zero-order valence-electron chi connectivity index (χ0n) is 14.6. The number of likely N-dealkylation sites (tertiary alicyclic amines) is 1. The van der Waals surface area contributed by atoms with Crippen molar-refractivity contribution in [3.63, 3.8) is 0 Å². The van der Waals surface area contributed by atoms with Crippen molar-refractivity contribution in [3.05, 3.63) is 30.7 Å². The van der Waals surface area contributed by atoms with Gasteiger partial charge in [-0.25, -0.2) is 9.97 Å². The molecule has 0 aliphatic carbocycles. The van der Waals surface area contributed by atoms with Crippen molar-refractivity contribution in [2.75, 3.05) is 18.8 Å². The Morgan fingerprint density at radius 1 is 1.17 bits per heavy atom. The molecule has 6 nitrogen and oxygen atoms in total. The summed E-state index contributed by atoms with van der Waals surface area (Å²) in [5.74, 6) is 0.768. The Labute approximate surface area is 143 Å². The Bertz CT molecular complexity index is 676. The molecule has 2 N–H and O–H groups in total. The topological polar surface area (TPSA) is 77.2 Å². The Hall–Kier alpha value is -2.21. The molecule has 0 atom stereocenters. The van der Waals surface area contributed by atoms with E-state index in [1.807, 2.05) is 12.1 Å². The number of nitrogens with two attached hydrogens (primary N) is 1. The number of rotatable bonds is 3. The fourth-order valence-corrected chi connectivity index (χ4v) is 2.93. The number of piperidine rings is 1. The Balaban J connectivity index is 1.70. The molecule has 1 aliphatic rings. The van der Waals surface area contributed by atoms with Gasteiger partial charge in [0.2, 0.25) is 0 Å². The molecule has 0 bridgehead atoms. The van der Waals surface area contributed by atoms with Crippen LogP contribution in [0.15, 0.2) is 30.7 Å². The molecular weight excluding hydrogens is 302 g/mol. The first-order valence-corrected chi connectivity index (χ1v) is 8.38. The molecule has 1 fully saturated rings. The molecule has 0 aromatic carbocycles. The number of hydrogen-bond acceptors (Lipinski definition) is 6. The highest BCUT2D eigenvalue weighted by molar-refractivity contribution is 5.59. The van der Waals surface area contributed by atoms with E-state index in [2.05, 4.69) is 40.6 Å². The van der Waals surface area contributed by atoms with Crippen LogP contribution in [0.5, 0.6) is 5.88 Å². The third-order valence-corrected chi connectivity index (χ3v) is 4.41. The van der Waals surface area contributed by atoms with Crippen LogP contribution in [0, 0.1) is 0 Å². The zero-order chi connectivity index (χ0) is 17.2. The number of ether oxygens (including phenoxy) is 1. The Morgan fingerprint density at radius 3 is 2.46 bits per heavy atom. The molecule has 6 heteroatoms. The number of nitrogen functional groups attached to an aromatic ring is 1. The predicted molar refractivity (Wildman–Crippen MR) is 94.7 cm³/mol. The molecule has 1 aliphatic heterocycles. The number of anilines is 1. The van der Waals surface area contributed by atoms with E-state index in [1.165, 1.54) is 0 Å². The molecule has 2 aromatic rings. The maximum Gasteiger partial charge on any atom is 0.258 e. The average molecular weight is 327 g/mol. The van der Waals surface area contributed by atoms with Crippen molar-refractivity contribution < 1.29 is 4.74 Å². The summed E-state index contributed by atoms with van der Waals surface area (Å²) >= 11 is 0. The van der Waals surface area contributed by atoms with E-state index in [4.69, 9.17) is 10.5 Å². The summed E-state index contributed by atoms with van der Waals surface area (Å²) in [6.45, 7) is 8.78. The summed E-state index contributed by atoms with van der Waals surface area (Å²) in [5.41, 5.74) is 7.85. The van der Waals surface area contributed by atoms with Gasteiger partial charge in [0, 0.05) is 36.6 Å². The van der Waals surface area contributed by atoms with Crippen molar-refractivity contribution in [3.8, 4) is 17.1 Å². The van der Waals surface area contributed by atoms with E-state index in [-0.39, 0.29) is 11.6 Å². The lowest BCUT2D eigenvalue weighted by Gasteiger charge is -2.40.